The number of amides is 1. The molecule has 86 valence electrons. The standard InChI is InChI=1S/C10H17NO4/c1-4-5-8(12)7-6-15-10(2,3)11(7)9(13)14/h4,7-8,12H,1,5-6H2,2-3H3,(H,13,14)/t7-,8?/m1/s1. The summed E-state index contributed by atoms with van der Waals surface area (Å²) in [4.78, 5) is 12.2. The first-order valence-electron chi connectivity index (χ1n) is 4.85. The summed E-state index contributed by atoms with van der Waals surface area (Å²) in [5, 5.41) is 18.8. The highest BCUT2D eigenvalue weighted by Gasteiger charge is 2.46. The minimum absolute atomic E-state index is 0.217. The summed E-state index contributed by atoms with van der Waals surface area (Å²) in [6, 6.07) is -0.518. The summed E-state index contributed by atoms with van der Waals surface area (Å²) >= 11 is 0. The Labute approximate surface area is 89.0 Å². The van der Waals surface area contributed by atoms with Crippen molar-refractivity contribution in [3.05, 3.63) is 12.7 Å². The molecule has 0 saturated carbocycles. The minimum atomic E-state index is -1.08. The van der Waals surface area contributed by atoms with E-state index < -0.39 is 24.0 Å². The van der Waals surface area contributed by atoms with Gasteiger partial charge in [-0.05, 0) is 20.3 Å². The quantitative estimate of drug-likeness (QED) is 0.690. The third-order valence-electron chi connectivity index (χ3n) is 2.58. The highest BCUT2D eigenvalue weighted by molar-refractivity contribution is 5.66. The lowest BCUT2D eigenvalue weighted by molar-refractivity contribution is -0.0464. The van der Waals surface area contributed by atoms with E-state index in [0.29, 0.717) is 6.42 Å². The Balaban J connectivity index is 2.82. The third-order valence-corrected chi connectivity index (χ3v) is 2.58. The fourth-order valence-corrected chi connectivity index (χ4v) is 1.82. The van der Waals surface area contributed by atoms with Crippen LogP contribution < -0.4 is 0 Å². The summed E-state index contributed by atoms with van der Waals surface area (Å²) in [5.41, 5.74) is -0.876. The molecule has 1 aliphatic rings. The molecule has 1 rings (SSSR count). The van der Waals surface area contributed by atoms with Crippen LogP contribution in [0.15, 0.2) is 12.7 Å². The second-order valence-corrected chi connectivity index (χ2v) is 4.07. The Kier molecular flexibility index (Phi) is 3.36. The van der Waals surface area contributed by atoms with Gasteiger partial charge in [0.1, 0.15) is 5.72 Å². The van der Waals surface area contributed by atoms with Crippen LogP contribution in [0.4, 0.5) is 4.79 Å². The van der Waals surface area contributed by atoms with Crippen molar-refractivity contribution >= 4 is 6.09 Å². The molecule has 0 radical (unpaired) electrons. The van der Waals surface area contributed by atoms with Crippen LogP contribution in [0.1, 0.15) is 20.3 Å². The van der Waals surface area contributed by atoms with Crippen LogP contribution >= 0.6 is 0 Å². The lowest BCUT2D eigenvalue weighted by Crippen LogP contribution is -2.51. The number of aliphatic hydroxyl groups excluding tert-OH is 1. The number of nitrogens with zero attached hydrogens (tertiary/aromatic N) is 1. The molecule has 1 unspecified atom stereocenters. The Morgan fingerprint density at radius 2 is 2.40 bits per heavy atom. The third kappa shape index (κ3) is 2.30. The van der Waals surface area contributed by atoms with E-state index in [-0.39, 0.29) is 6.61 Å². The summed E-state index contributed by atoms with van der Waals surface area (Å²) in [6.45, 7) is 7.06. The van der Waals surface area contributed by atoms with Gasteiger partial charge in [0.2, 0.25) is 0 Å². The number of carbonyl (C=O) groups is 1. The molecule has 5 heteroatoms. The second kappa shape index (κ2) is 4.20. The number of aliphatic hydroxyl groups is 1. The van der Waals surface area contributed by atoms with Gasteiger partial charge < -0.3 is 14.9 Å². The van der Waals surface area contributed by atoms with E-state index in [9.17, 15) is 9.90 Å². The van der Waals surface area contributed by atoms with Gasteiger partial charge in [-0.2, -0.15) is 0 Å². The van der Waals surface area contributed by atoms with Gasteiger partial charge >= 0.3 is 6.09 Å². The number of carboxylic acid groups (broad SMARTS) is 1. The lowest BCUT2D eigenvalue weighted by atomic mass is 10.1. The zero-order chi connectivity index (χ0) is 11.6. The van der Waals surface area contributed by atoms with Gasteiger partial charge in [-0.3, -0.25) is 4.90 Å². The molecule has 1 heterocycles. The van der Waals surface area contributed by atoms with Gasteiger partial charge in [0.05, 0.1) is 18.8 Å². The molecule has 15 heavy (non-hydrogen) atoms. The Morgan fingerprint density at radius 3 is 2.87 bits per heavy atom. The van der Waals surface area contributed by atoms with Gasteiger partial charge in [0, 0.05) is 0 Å². The van der Waals surface area contributed by atoms with Crippen molar-refractivity contribution in [2.45, 2.75) is 38.1 Å². The Morgan fingerprint density at radius 1 is 1.80 bits per heavy atom. The minimum Gasteiger partial charge on any atom is -0.465 e. The first-order valence-corrected chi connectivity index (χ1v) is 4.85. The van der Waals surface area contributed by atoms with Crippen molar-refractivity contribution in [3.8, 4) is 0 Å². The van der Waals surface area contributed by atoms with E-state index in [2.05, 4.69) is 6.58 Å². The fourth-order valence-electron chi connectivity index (χ4n) is 1.82. The normalized spacial score (nSPS) is 26.3. The van der Waals surface area contributed by atoms with Crippen molar-refractivity contribution in [3.63, 3.8) is 0 Å². The molecule has 1 amide bonds. The maximum atomic E-state index is 11.0. The summed E-state index contributed by atoms with van der Waals surface area (Å²) in [5.74, 6) is 0. The van der Waals surface area contributed by atoms with Gasteiger partial charge in [-0.25, -0.2) is 4.79 Å². The molecular weight excluding hydrogens is 198 g/mol. The predicted octanol–water partition coefficient (Wildman–Crippen LogP) is 1.04. The average Bonchev–Trinajstić information content (AvgIpc) is 2.41. The lowest BCUT2D eigenvalue weighted by Gasteiger charge is -2.32. The van der Waals surface area contributed by atoms with E-state index in [0.717, 1.165) is 4.90 Å². The van der Waals surface area contributed by atoms with Crippen LogP contribution in [-0.2, 0) is 4.74 Å². The van der Waals surface area contributed by atoms with Crippen LogP contribution in [0, 0.1) is 0 Å². The van der Waals surface area contributed by atoms with Crippen molar-refractivity contribution in [2.75, 3.05) is 6.61 Å². The summed E-state index contributed by atoms with van der Waals surface area (Å²) in [6.07, 6.45) is 0.0789. The van der Waals surface area contributed by atoms with Crippen molar-refractivity contribution in [2.24, 2.45) is 0 Å². The average molecular weight is 215 g/mol. The first kappa shape index (κ1) is 12.0. The Bertz CT molecular complexity index is 264. The molecule has 2 atom stereocenters. The Hall–Kier alpha value is -1.07. The second-order valence-electron chi connectivity index (χ2n) is 4.07. The number of hydrogen-bond acceptors (Lipinski definition) is 3. The molecule has 0 aromatic heterocycles. The topological polar surface area (TPSA) is 70.0 Å². The highest BCUT2D eigenvalue weighted by Crippen LogP contribution is 2.29. The van der Waals surface area contributed by atoms with Crippen LogP contribution in [-0.4, -0.2) is 45.7 Å². The highest BCUT2D eigenvalue weighted by atomic mass is 16.5. The number of hydrogen-bond donors (Lipinski definition) is 2. The predicted molar refractivity (Wildman–Crippen MR) is 54.5 cm³/mol. The van der Waals surface area contributed by atoms with Gasteiger partial charge in [-0.15, -0.1) is 6.58 Å². The number of ether oxygens (including phenoxy) is 1. The van der Waals surface area contributed by atoms with Crippen LogP contribution in [0.5, 0.6) is 0 Å². The molecule has 1 aliphatic heterocycles. The van der Waals surface area contributed by atoms with E-state index in [1.54, 1.807) is 19.9 Å². The zero-order valence-electron chi connectivity index (χ0n) is 9.01. The van der Waals surface area contributed by atoms with Crippen molar-refractivity contribution < 1.29 is 19.7 Å². The largest absolute Gasteiger partial charge is 0.465 e. The van der Waals surface area contributed by atoms with E-state index in [1.807, 2.05) is 0 Å². The molecule has 0 aromatic carbocycles. The summed E-state index contributed by atoms with van der Waals surface area (Å²) in [7, 11) is 0. The molecule has 0 bridgehead atoms. The molecule has 0 aliphatic carbocycles. The first-order chi connectivity index (χ1) is 6.90. The SMILES string of the molecule is C=CCC(O)[C@H]1COC(C)(C)N1C(=O)O. The van der Waals surface area contributed by atoms with Crippen LogP contribution in [0.2, 0.25) is 0 Å². The molecule has 2 N–H and O–H groups in total. The smallest absolute Gasteiger partial charge is 0.409 e. The van der Waals surface area contributed by atoms with E-state index >= 15 is 0 Å². The van der Waals surface area contributed by atoms with Crippen LogP contribution in [0.25, 0.3) is 0 Å². The summed E-state index contributed by atoms with van der Waals surface area (Å²) < 4.78 is 5.35. The van der Waals surface area contributed by atoms with Gasteiger partial charge in [0.15, 0.2) is 0 Å². The van der Waals surface area contributed by atoms with E-state index in [1.165, 1.54) is 0 Å². The van der Waals surface area contributed by atoms with Gasteiger partial charge in [0.25, 0.3) is 0 Å². The number of rotatable bonds is 3. The van der Waals surface area contributed by atoms with Crippen molar-refractivity contribution in [1.82, 2.24) is 4.90 Å². The molecule has 1 fully saturated rings. The molecular formula is C10H17NO4. The molecule has 0 aromatic rings. The monoisotopic (exact) mass is 215 g/mol. The maximum Gasteiger partial charge on any atom is 0.409 e. The molecule has 5 nitrogen and oxygen atoms in total. The fraction of sp³-hybridized carbons (Fsp3) is 0.700. The van der Waals surface area contributed by atoms with Gasteiger partial charge in [-0.1, -0.05) is 6.08 Å². The van der Waals surface area contributed by atoms with Crippen LogP contribution in [0.3, 0.4) is 0 Å². The zero-order valence-corrected chi connectivity index (χ0v) is 9.01. The molecule has 0 spiro atoms. The van der Waals surface area contributed by atoms with Crippen molar-refractivity contribution in [1.29, 1.82) is 0 Å². The van der Waals surface area contributed by atoms with E-state index in [4.69, 9.17) is 9.84 Å². The molecule has 1 saturated heterocycles. The maximum absolute atomic E-state index is 11.0.